The summed E-state index contributed by atoms with van der Waals surface area (Å²) in [7, 11) is -2.58. The molecular weight excluding hydrogens is 1360 g/mol. The van der Waals surface area contributed by atoms with Crippen molar-refractivity contribution < 1.29 is 43.0 Å². The first kappa shape index (κ1) is 73.9. The second-order valence-electron chi connectivity index (χ2n) is 30.2. The highest BCUT2D eigenvalue weighted by atomic mass is 79.9. The second-order valence-corrected chi connectivity index (χ2v) is 32.0. The van der Waals surface area contributed by atoms with Crippen LogP contribution in [0.1, 0.15) is 112 Å². The average molecular weight is 1450 g/mol. The monoisotopic (exact) mass is 1450 g/mol. The molecule has 101 heavy (non-hydrogen) atoms. The lowest BCUT2D eigenvalue weighted by molar-refractivity contribution is 0.00578. The third-order valence-electron chi connectivity index (χ3n) is 21.3. The molecule has 8 nitrogen and oxygen atoms in total. The molecule has 0 aromatic heterocycles. The zero-order valence-electron chi connectivity index (χ0n) is 61.8. The van der Waals surface area contributed by atoms with Gasteiger partial charge in [-0.3, -0.25) is 4.39 Å². The van der Waals surface area contributed by atoms with E-state index in [4.69, 9.17) is 61.8 Å². The Kier molecular flexibility index (Phi) is 21.7. The minimum absolute atomic E-state index is 0.295. The Bertz CT molecular complexity index is 4840. The summed E-state index contributed by atoms with van der Waals surface area (Å²) in [6.45, 7) is 32.9. The van der Waals surface area contributed by atoms with E-state index in [-0.39, 0.29) is 59.0 Å². The van der Waals surface area contributed by atoms with Crippen molar-refractivity contribution in [3.63, 3.8) is 0 Å². The molecule has 4 saturated heterocycles. The van der Waals surface area contributed by atoms with Crippen LogP contribution in [0.2, 0.25) is 10.0 Å². The molecule has 4 fully saturated rings. The Morgan fingerprint density at radius 3 is 1.05 bits per heavy atom. The number of alkyl halides is 1. The molecule has 0 N–H and O–H groups in total. The van der Waals surface area contributed by atoms with Crippen LogP contribution in [0.25, 0.3) is 86.9 Å². The van der Waals surface area contributed by atoms with E-state index in [1.54, 1.807) is 0 Å². The number of hydrogen-bond donors (Lipinski definition) is 0. The zero-order chi connectivity index (χ0) is 73.4. The highest BCUT2D eigenvalue weighted by molar-refractivity contribution is 9.10. The molecule has 0 unspecified atom stereocenters. The van der Waals surface area contributed by atoms with Gasteiger partial charge in [0.1, 0.15) is 0 Å². The minimum atomic E-state index is -1.00. The molecule has 4 aliphatic heterocycles. The summed E-state index contributed by atoms with van der Waals surface area (Å²) in [6.07, 6.45) is 0. The standard InChI is InChI=1S/C26H25BO2.C20H13Cl.C16H19BO2.C12H24B2O4.C10H6BrCl.CH3F/c1-25(2)26(3,4)29-27(28-25)22-15-14-19-16-21(13-12-20(19)17-22)24-11-7-9-18-8-5-6-10-23(18)24;21-18-11-10-15-12-17(9-8-16(15)13-18)20-7-3-5-14-4-1-2-6-19(14)20;1-15(2)16(3,4)19-17(18-15)14-11-7-9-12-8-5-6-10-13(12)14;1-9(2)10(3,4)16-13(15-9)14-17-11(5,6)12(7,8)18-14;11-9-3-1-8-6-10(12)4-2-7(8)5-9;1-2/h5-17H,1-4H3;1-13H;5-11H,1-4H3;1-8H3;1-6H;1H3/i;;;;;1D. The van der Waals surface area contributed by atoms with Crippen molar-refractivity contribution in [1.82, 2.24) is 0 Å². The fourth-order valence-electron chi connectivity index (χ4n) is 12.5. The van der Waals surface area contributed by atoms with E-state index in [9.17, 15) is 4.39 Å². The van der Waals surface area contributed by atoms with E-state index in [1.165, 1.54) is 86.9 Å². The molecule has 0 spiro atoms. The number of hydrogen-bond acceptors (Lipinski definition) is 8. The van der Waals surface area contributed by atoms with Gasteiger partial charge in [0.05, 0.1) is 53.3 Å². The van der Waals surface area contributed by atoms with Crippen molar-refractivity contribution in [2.45, 2.75) is 156 Å². The van der Waals surface area contributed by atoms with Crippen LogP contribution in [0.4, 0.5) is 4.39 Å². The van der Waals surface area contributed by atoms with Gasteiger partial charge in [-0.15, -0.1) is 0 Å². The molecule has 12 aromatic carbocycles. The molecule has 4 aliphatic rings. The highest BCUT2D eigenvalue weighted by Gasteiger charge is 2.64. The van der Waals surface area contributed by atoms with Gasteiger partial charge >= 0.3 is 28.3 Å². The normalized spacial score (nSPS) is 18.5. The van der Waals surface area contributed by atoms with Crippen LogP contribution >= 0.6 is 39.1 Å². The summed E-state index contributed by atoms with van der Waals surface area (Å²) in [5.41, 5.74) is 4.49. The van der Waals surface area contributed by atoms with Gasteiger partial charge in [0.25, 0.3) is 0 Å². The molecule has 518 valence electrons. The van der Waals surface area contributed by atoms with E-state index in [0.29, 0.717) is 0 Å². The summed E-state index contributed by atoms with van der Waals surface area (Å²) < 4.78 is 65.2. The van der Waals surface area contributed by atoms with Crippen LogP contribution in [-0.4, -0.2) is 80.2 Å². The third kappa shape index (κ3) is 16.3. The Morgan fingerprint density at radius 1 is 0.307 bits per heavy atom. The summed E-state index contributed by atoms with van der Waals surface area (Å²) in [5.74, 6) is 0. The average Bonchev–Trinajstić information content (AvgIpc) is 1.56. The first-order chi connectivity index (χ1) is 48.1. The van der Waals surface area contributed by atoms with E-state index < -0.39 is 21.2 Å². The summed E-state index contributed by atoms with van der Waals surface area (Å²) >= 11 is 15.3. The molecule has 12 aromatic rings. The van der Waals surface area contributed by atoms with Gasteiger partial charge in [-0.05, 0) is 257 Å². The SMILES string of the molecule is CC1(C)OB(B2OC(C)(C)C(C)(C)O2)OC1(C)C.CC1(C)OB(c2ccc3cc(-c4cccc5ccccc45)ccc3c2)OC1(C)C.CC1(C)OB(c2cccc3ccccc23)OC1(C)C.Clc1ccc2cc(-c3cccc4ccccc34)ccc2c1.Clc1ccc2cc(Br)ccc2c1.[2H]CF. The van der Waals surface area contributed by atoms with Crippen LogP contribution in [0.5, 0.6) is 0 Å². The Labute approximate surface area is 617 Å². The van der Waals surface area contributed by atoms with Gasteiger partial charge in [0, 0.05) is 14.5 Å². The molecule has 0 bridgehead atoms. The molecular formula is C85H90B4BrCl2FO8. The highest BCUT2D eigenvalue weighted by Crippen LogP contribution is 2.44. The summed E-state index contributed by atoms with van der Waals surface area (Å²) in [6, 6.07) is 82.3. The molecule has 16 rings (SSSR count). The number of rotatable bonds is 5. The first-order valence-electron chi connectivity index (χ1n) is 35.1. The Morgan fingerprint density at radius 2 is 0.614 bits per heavy atom. The largest absolute Gasteiger partial charge is 0.495 e. The van der Waals surface area contributed by atoms with Crippen LogP contribution in [0, 0.1) is 0 Å². The van der Waals surface area contributed by atoms with Crippen molar-refractivity contribution >= 4 is 143 Å². The molecule has 0 saturated carbocycles. The van der Waals surface area contributed by atoms with E-state index in [1.807, 2.05) is 97.9 Å². The summed E-state index contributed by atoms with van der Waals surface area (Å²) in [5, 5.41) is 16.3. The van der Waals surface area contributed by atoms with Crippen LogP contribution in [0.15, 0.2) is 241 Å². The third-order valence-corrected chi connectivity index (χ3v) is 22.2. The Balaban J connectivity index is 0.000000130. The lowest BCUT2D eigenvalue weighted by Crippen LogP contribution is -2.41. The van der Waals surface area contributed by atoms with E-state index in [0.717, 1.165) is 25.4 Å². The van der Waals surface area contributed by atoms with Crippen molar-refractivity contribution in [3.8, 4) is 22.3 Å². The molecule has 0 radical (unpaired) electrons. The van der Waals surface area contributed by atoms with Crippen LogP contribution in [-0.2, 0) is 37.2 Å². The number of benzene rings is 12. The maximum Gasteiger partial charge on any atom is 0.495 e. The van der Waals surface area contributed by atoms with Crippen LogP contribution < -0.4 is 10.9 Å². The maximum atomic E-state index is 9.96. The van der Waals surface area contributed by atoms with Gasteiger partial charge in [-0.2, -0.15) is 0 Å². The lowest BCUT2D eigenvalue weighted by Gasteiger charge is -2.32. The van der Waals surface area contributed by atoms with E-state index >= 15 is 0 Å². The molecule has 0 amide bonds. The number of fused-ring (bicyclic) bond motifs is 6. The van der Waals surface area contributed by atoms with Gasteiger partial charge < -0.3 is 37.2 Å². The Hall–Kier alpha value is -6.87. The van der Waals surface area contributed by atoms with Crippen molar-refractivity contribution in [2.75, 3.05) is 7.15 Å². The quantitative estimate of drug-likeness (QED) is 0.158. The smallest absolute Gasteiger partial charge is 0.405 e. The van der Waals surface area contributed by atoms with Crippen LogP contribution in [0.3, 0.4) is 0 Å². The zero-order valence-corrected chi connectivity index (χ0v) is 63.9. The van der Waals surface area contributed by atoms with Gasteiger partial charge in [-0.25, -0.2) is 0 Å². The maximum absolute atomic E-state index is 9.96. The molecule has 0 aliphatic carbocycles. The molecule has 0 atom stereocenters. The fraction of sp³-hybridized carbons (Fsp3) is 0.294. The van der Waals surface area contributed by atoms with Crippen molar-refractivity contribution in [3.05, 3.63) is 251 Å². The van der Waals surface area contributed by atoms with Gasteiger partial charge in [0.15, 0.2) is 0 Å². The molecule has 16 heteroatoms. The predicted octanol–water partition coefficient (Wildman–Crippen LogP) is 22.5. The predicted molar refractivity (Wildman–Crippen MR) is 430 cm³/mol. The van der Waals surface area contributed by atoms with Gasteiger partial charge in [-0.1, -0.05) is 227 Å². The molecule has 4 heterocycles. The summed E-state index contributed by atoms with van der Waals surface area (Å²) in [4.78, 5) is 0. The van der Waals surface area contributed by atoms with Crippen molar-refractivity contribution in [1.29, 1.82) is 0 Å². The minimum Gasteiger partial charge on any atom is -0.405 e. The first-order valence-corrected chi connectivity index (χ1v) is 36.0. The topological polar surface area (TPSA) is 73.8 Å². The number of halogens is 4. The second kappa shape index (κ2) is 29.7. The fourth-order valence-corrected chi connectivity index (χ4v) is 13.2. The van der Waals surface area contributed by atoms with E-state index in [2.05, 4.69) is 265 Å². The lowest BCUT2D eigenvalue weighted by atomic mass is 9.49. The van der Waals surface area contributed by atoms with Crippen molar-refractivity contribution in [2.24, 2.45) is 0 Å². The van der Waals surface area contributed by atoms with Gasteiger partial charge in [0.2, 0.25) is 0 Å².